The minimum atomic E-state index is -3.84. The summed E-state index contributed by atoms with van der Waals surface area (Å²) in [5, 5.41) is 2.93. The van der Waals surface area contributed by atoms with E-state index in [0.29, 0.717) is 41.9 Å². The molecule has 35 heavy (non-hydrogen) atoms. The summed E-state index contributed by atoms with van der Waals surface area (Å²) < 4.78 is 34.5. The number of carbonyl (C=O) groups is 2. The van der Waals surface area contributed by atoms with E-state index in [1.165, 1.54) is 6.07 Å². The quantitative estimate of drug-likeness (QED) is 0.608. The molecule has 2 aromatic rings. The molecule has 0 aromatic heterocycles. The van der Waals surface area contributed by atoms with E-state index in [9.17, 15) is 18.0 Å². The Hall–Kier alpha value is -2.91. The van der Waals surface area contributed by atoms with Gasteiger partial charge in [0.2, 0.25) is 5.91 Å². The largest absolute Gasteiger partial charge is 0.376 e. The fourth-order valence-corrected chi connectivity index (χ4v) is 6.60. The van der Waals surface area contributed by atoms with Gasteiger partial charge in [0.05, 0.1) is 11.0 Å². The lowest BCUT2D eigenvalue weighted by atomic mass is 10.1. The highest BCUT2D eigenvalue weighted by molar-refractivity contribution is 7.92. The molecule has 2 amide bonds. The number of aryl methyl sites for hydroxylation is 3. The van der Waals surface area contributed by atoms with E-state index >= 15 is 0 Å². The van der Waals surface area contributed by atoms with Gasteiger partial charge in [-0.25, -0.2) is 8.42 Å². The molecule has 9 heteroatoms. The lowest BCUT2D eigenvalue weighted by Crippen LogP contribution is -2.47. The molecule has 2 saturated heterocycles. The number of rotatable bonds is 7. The summed E-state index contributed by atoms with van der Waals surface area (Å²) in [6, 6.07) is 9.55. The first-order valence-corrected chi connectivity index (χ1v) is 13.5. The zero-order chi connectivity index (χ0) is 25.2. The highest BCUT2D eigenvalue weighted by Crippen LogP contribution is 2.26. The van der Waals surface area contributed by atoms with Crippen LogP contribution >= 0.6 is 0 Å². The van der Waals surface area contributed by atoms with Gasteiger partial charge in [-0.1, -0.05) is 23.8 Å². The van der Waals surface area contributed by atoms with E-state index in [1.807, 2.05) is 19.1 Å². The molecule has 0 saturated carbocycles. The molecular formula is C26H33N3O5S. The zero-order valence-corrected chi connectivity index (χ0v) is 21.3. The van der Waals surface area contributed by atoms with Crippen LogP contribution < -0.4 is 10.0 Å². The molecule has 2 atom stereocenters. The predicted octanol–water partition coefficient (Wildman–Crippen LogP) is 3.31. The Morgan fingerprint density at radius 3 is 2.49 bits per heavy atom. The van der Waals surface area contributed by atoms with Crippen molar-refractivity contribution in [2.75, 3.05) is 24.4 Å². The second-order valence-electron chi connectivity index (χ2n) is 9.45. The number of anilines is 1. The van der Waals surface area contributed by atoms with Gasteiger partial charge in [0.1, 0.15) is 6.04 Å². The van der Waals surface area contributed by atoms with Gasteiger partial charge in [-0.15, -0.1) is 0 Å². The number of benzene rings is 2. The van der Waals surface area contributed by atoms with Gasteiger partial charge in [0, 0.05) is 30.9 Å². The van der Waals surface area contributed by atoms with Gasteiger partial charge in [-0.2, -0.15) is 0 Å². The maximum atomic E-state index is 13.3. The summed E-state index contributed by atoms with van der Waals surface area (Å²) in [6.07, 6.45) is 3.30. The average Bonchev–Trinajstić information content (AvgIpc) is 3.48. The van der Waals surface area contributed by atoms with Gasteiger partial charge < -0.3 is 15.0 Å². The predicted molar refractivity (Wildman–Crippen MR) is 134 cm³/mol. The van der Waals surface area contributed by atoms with Crippen LogP contribution in [0.25, 0.3) is 0 Å². The number of ether oxygens (including phenoxy) is 1. The maximum Gasteiger partial charge on any atom is 0.262 e. The number of hydrogen-bond donors (Lipinski definition) is 2. The zero-order valence-electron chi connectivity index (χ0n) is 20.5. The number of nitrogens with zero attached hydrogens (tertiary/aromatic N) is 1. The minimum absolute atomic E-state index is 0.0370. The van der Waals surface area contributed by atoms with Crippen molar-refractivity contribution in [3.8, 4) is 0 Å². The number of amides is 2. The molecule has 2 heterocycles. The summed E-state index contributed by atoms with van der Waals surface area (Å²) >= 11 is 0. The first-order chi connectivity index (χ1) is 16.7. The van der Waals surface area contributed by atoms with Crippen molar-refractivity contribution in [2.45, 2.75) is 63.5 Å². The average molecular weight is 500 g/mol. The molecule has 2 aliphatic rings. The molecule has 8 nitrogen and oxygen atoms in total. The lowest BCUT2D eigenvalue weighted by Gasteiger charge is -2.25. The van der Waals surface area contributed by atoms with Crippen LogP contribution in [-0.2, 0) is 19.6 Å². The lowest BCUT2D eigenvalue weighted by molar-refractivity contribution is -0.125. The molecule has 0 radical (unpaired) electrons. The van der Waals surface area contributed by atoms with Crippen molar-refractivity contribution in [2.24, 2.45) is 0 Å². The Labute approximate surface area is 207 Å². The van der Waals surface area contributed by atoms with Gasteiger partial charge in [-0.3, -0.25) is 14.3 Å². The van der Waals surface area contributed by atoms with Gasteiger partial charge in [-0.05, 0) is 75.8 Å². The molecule has 0 aliphatic carbocycles. The molecule has 2 aromatic carbocycles. The number of nitrogens with one attached hydrogen (secondary N) is 2. The molecule has 2 fully saturated rings. The Bertz CT molecular complexity index is 1200. The van der Waals surface area contributed by atoms with E-state index in [-0.39, 0.29) is 22.8 Å². The molecule has 4 rings (SSSR count). The smallest absolute Gasteiger partial charge is 0.262 e. The second-order valence-corrected chi connectivity index (χ2v) is 11.1. The van der Waals surface area contributed by atoms with Crippen molar-refractivity contribution in [1.82, 2.24) is 10.2 Å². The van der Waals surface area contributed by atoms with Crippen LogP contribution in [0.15, 0.2) is 41.3 Å². The van der Waals surface area contributed by atoms with Crippen LogP contribution in [0.5, 0.6) is 0 Å². The van der Waals surface area contributed by atoms with Gasteiger partial charge in [0.15, 0.2) is 0 Å². The number of sulfonamides is 1. The van der Waals surface area contributed by atoms with Crippen molar-refractivity contribution >= 4 is 27.5 Å². The first kappa shape index (κ1) is 25.2. The van der Waals surface area contributed by atoms with Gasteiger partial charge >= 0.3 is 0 Å². The first-order valence-electron chi connectivity index (χ1n) is 12.1. The van der Waals surface area contributed by atoms with Crippen LogP contribution in [0, 0.1) is 20.8 Å². The van der Waals surface area contributed by atoms with Crippen LogP contribution in [0.4, 0.5) is 5.69 Å². The van der Waals surface area contributed by atoms with Crippen LogP contribution in [-0.4, -0.2) is 57.0 Å². The second kappa shape index (κ2) is 10.4. The van der Waals surface area contributed by atoms with Crippen molar-refractivity contribution in [3.63, 3.8) is 0 Å². The van der Waals surface area contributed by atoms with E-state index in [2.05, 4.69) is 10.0 Å². The highest BCUT2D eigenvalue weighted by Gasteiger charge is 2.35. The number of hydrogen-bond acceptors (Lipinski definition) is 5. The summed E-state index contributed by atoms with van der Waals surface area (Å²) in [4.78, 5) is 27.9. The Balaban J connectivity index is 1.48. The monoisotopic (exact) mass is 499 g/mol. The fourth-order valence-electron chi connectivity index (χ4n) is 5.10. The van der Waals surface area contributed by atoms with E-state index < -0.39 is 16.1 Å². The maximum absolute atomic E-state index is 13.3. The minimum Gasteiger partial charge on any atom is -0.376 e. The van der Waals surface area contributed by atoms with Crippen LogP contribution in [0.1, 0.15) is 52.7 Å². The van der Waals surface area contributed by atoms with E-state index in [1.54, 1.807) is 36.9 Å². The highest BCUT2D eigenvalue weighted by atomic mass is 32.2. The molecule has 2 aliphatic heterocycles. The molecular weight excluding hydrogens is 466 g/mol. The summed E-state index contributed by atoms with van der Waals surface area (Å²) in [7, 11) is -3.84. The normalized spacial score (nSPS) is 20.1. The third kappa shape index (κ3) is 5.67. The molecule has 0 bridgehead atoms. The Morgan fingerprint density at radius 1 is 1.06 bits per heavy atom. The molecule has 0 unspecified atom stereocenters. The Kier molecular flexibility index (Phi) is 7.47. The third-order valence-electron chi connectivity index (χ3n) is 6.58. The summed E-state index contributed by atoms with van der Waals surface area (Å²) in [5.41, 5.74) is 2.95. The topological polar surface area (TPSA) is 105 Å². The van der Waals surface area contributed by atoms with Crippen LogP contribution in [0.3, 0.4) is 0 Å². The Morgan fingerprint density at radius 2 is 1.80 bits per heavy atom. The molecule has 0 spiro atoms. The van der Waals surface area contributed by atoms with Crippen molar-refractivity contribution in [3.05, 3.63) is 58.7 Å². The standard InChI is InChI=1S/C26H33N3O5S/c1-17-13-18(2)24(19(3)14-17)35(32,33)28-21-8-4-7-20(15-21)26(31)29-11-5-10-23(29)25(30)27-16-22-9-6-12-34-22/h4,7-8,13-15,22-23,28H,5-6,9-12,16H2,1-3H3,(H,27,30)/t22-,23-/m1/s1. The fraction of sp³-hybridized carbons (Fsp3) is 0.462. The number of likely N-dealkylation sites (tertiary alicyclic amines) is 1. The van der Waals surface area contributed by atoms with Crippen molar-refractivity contribution < 1.29 is 22.7 Å². The van der Waals surface area contributed by atoms with Crippen LogP contribution in [0.2, 0.25) is 0 Å². The molecule has 2 N–H and O–H groups in total. The SMILES string of the molecule is Cc1cc(C)c(S(=O)(=O)Nc2cccc(C(=O)N3CCC[C@@H]3C(=O)NC[C@H]3CCCO3)c2)c(C)c1. The van der Waals surface area contributed by atoms with E-state index in [0.717, 1.165) is 31.4 Å². The van der Waals surface area contributed by atoms with Gasteiger partial charge in [0.25, 0.3) is 15.9 Å². The summed E-state index contributed by atoms with van der Waals surface area (Å²) in [6.45, 7) is 7.11. The third-order valence-corrected chi connectivity index (χ3v) is 8.27. The summed E-state index contributed by atoms with van der Waals surface area (Å²) in [5.74, 6) is -0.461. The number of carbonyl (C=O) groups excluding carboxylic acids is 2. The molecule has 188 valence electrons. The van der Waals surface area contributed by atoms with Crippen molar-refractivity contribution in [1.29, 1.82) is 0 Å². The van der Waals surface area contributed by atoms with E-state index in [4.69, 9.17) is 4.74 Å².